The van der Waals surface area contributed by atoms with Crippen LogP contribution in [-0.4, -0.2) is 36.4 Å². The summed E-state index contributed by atoms with van der Waals surface area (Å²) >= 11 is 0. The molecule has 1 heterocycles. The molecule has 1 aromatic rings. The SMILES string of the molecule is CCN(C)C=Nc1ccc(OCCCC(C)(C)C)nc1C. The van der Waals surface area contributed by atoms with E-state index in [-0.39, 0.29) is 0 Å². The molecule has 0 spiro atoms. The van der Waals surface area contributed by atoms with Crippen molar-refractivity contribution in [3.63, 3.8) is 0 Å². The molecular formula is C17H29N3O. The van der Waals surface area contributed by atoms with Gasteiger partial charge >= 0.3 is 0 Å². The van der Waals surface area contributed by atoms with Crippen LogP contribution in [0.2, 0.25) is 0 Å². The van der Waals surface area contributed by atoms with Gasteiger partial charge in [-0.2, -0.15) is 0 Å². The first kappa shape index (κ1) is 17.5. The highest BCUT2D eigenvalue weighted by molar-refractivity contribution is 5.62. The van der Waals surface area contributed by atoms with E-state index in [1.807, 2.05) is 37.3 Å². The summed E-state index contributed by atoms with van der Waals surface area (Å²) in [6.45, 7) is 12.4. The highest BCUT2D eigenvalue weighted by Crippen LogP contribution is 2.22. The number of aryl methyl sites for hydroxylation is 1. The number of aromatic nitrogens is 1. The van der Waals surface area contributed by atoms with Crippen molar-refractivity contribution in [2.75, 3.05) is 20.2 Å². The van der Waals surface area contributed by atoms with E-state index in [0.29, 0.717) is 17.9 Å². The van der Waals surface area contributed by atoms with Gasteiger partial charge in [0.25, 0.3) is 0 Å². The molecule has 4 nitrogen and oxygen atoms in total. The van der Waals surface area contributed by atoms with Gasteiger partial charge in [-0.05, 0) is 38.2 Å². The van der Waals surface area contributed by atoms with Gasteiger partial charge in [-0.15, -0.1) is 0 Å². The van der Waals surface area contributed by atoms with Crippen LogP contribution in [0, 0.1) is 12.3 Å². The second-order valence-electron chi connectivity index (χ2n) is 6.58. The quantitative estimate of drug-likeness (QED) is 0.429. The van der Waals surface area contributed by atoms with Crippen LogP contribution in [0.25, 0.3) is 0 Å². The summed E-state index contributed by atoms with van der Waals surface area (Å²) in [5.41, 5.74) is 2.14. The summed E-state index contributed by atoms with van der Waals surface area (Å²) < 4.78 is 5.71. The van der Waals surface area contributed by atoms with E-state index in [1.165, 1.54) is 0 Å². The number of aliphatic imine (C=N–C) groups is 1. The van der Waals surface area contributed by atoms with Gasteiger partial charge in [0.05, 0.1) is 24.3 Å². The molecule has 0 amide bonds. The molecule has 0 atom stereocenters. The zero-order valence-corrected chi connectivity index (χ0v) is 14.3. The van der Waals surface area contributed by atoms with Crippen molar-refractivity contribution < 1.29 is 4.74 Å². The van der Waals surface area contributed by atoms with Gasteiger partial charge in [0.15, 0.2) is 0 Å². The lowest BCUT2D eigenvalue weighted by Crippen LogP contribution is -2.14. The molecule has 0 N–H and O–H groups in total. The Labute approximate surface area is 129 Å². The molecule has 0 unspecified atom stereocenters. The smallest absolute Gasteiger partial charge is 0.213 e. The average molecular weight is 291 g/mol. The minimum Gasteiger partial charge on any atom is -0.478 e. The monoisotopic (exact) mass is 291 g/mol. The lowest BCUT2D eigenvalue weighted by Gasteiger charge is -2.17. The third-order valence-corrected chi connectivity index (χ3v) is 3.25. The maximum Gasteiger partial charge on any atom is 0.213 e. The Morgan fingerprint density at radius 1 is 1.33 bits per heavy atom. The second kappa shape index (κ2) is 8.01. The second-order valence-corrected chi connectivity index (χ2v) is 6.58. The molecule has 0 saturated heterocycles. The van der Waals surface area contributed by atoms with E-state index in [9.17, 15) is 0 Å². The number of hydrogen-bond donors (Lipinski definition) is 0. The molecule has 1 rings (SSSR count). The molecule has 4 heteroatoms. The average Bonchev–Trinajstić information content (AvgIpc) is 2.41. The molecule has 1 aromatic heterocycles. The predicted octanol–water partition coefficient (Wildman–Crippen LogP) is 4.21. The van der Waals surface area contributed by atoms with Crippen molar-refractivity contribution in [2.45, 2.75) is 47.5 Å². The first-order valence-corrected chi connectivity index (χ1v) is 7.66. The van der Waals surface area contributed by atoms with Crippen LogP contribution in [0.1, 0.15) is 46.2 Å². The fourth-order valence-corrected chi connectivity index (χ4v) is 1.77. The number of rotatable bonds is 7. The van der Waals surface area contributed by atoms with Crippen LogP contribution in [0.4, 0.5) is 5.69 Å². The first-order chi connectivity index (χ1) is 9.81. The minimum absolute atomic E-state index is 0.358. The van der Waals surface area contributed by atoms with Crippen LogP contribution in [0.5, 0.6) is 5.88 Å². The molecule has 21 heavy (non-hydrogen) atoms. The Balaban J connectivity index is 2.52. The highest BCUT2D eigenvalue weighted by atomic mass is 16.5. The van der Waals surface area contributed by atoms with Crippen molar-refractivity contribution in [2.24, 2.45) is 10.4 Å². The summed E-state index contributed by atoms with van der Waals surface area (Å²) in [5.74, 6) is 0.684. The number of hydrogen-bond acceptors (Lipinski definition) is 3. The van der Waals surface area contributed by atoms with E-state index in [0.717, 1.165) is 30.8 Å². The van der Waals surface area contributed by atoms with Crippen LogP contribution in [0.15, 0.2) is 17.1 Å². The van der Waals surface area contributed by atoms with Crippen LogP contribution in [0.3, 0.4) is 0 Å². The third kappa shape index (κ3) is 7.11. The summed E-state index contributed by atoms with van der Waals surface area (Å²) in [6.07, 6.45) is 4.02. The number of nitrogens with zero attached hydrogens (tertiary/aromatic N) is 3. The Bertz CT molecular complexity index is 464. The van der Waals surface area contributed by atoms with Gasteiger partial charge in [-0.25, -0.2) is 9.98 Å². The van der Waals surface area contributed by atoms with Gasteiger partial charge in [-0.3, -0.25) is 0 Å². The molecule has 0 fully saturated rings. The predicted molar refractivity (Wildman–Crippen MR) is 89.6 cm³/mol. The Kier molecular flexibility index (Phi) is 6.66. The molecule has 0 aliphatic carbocycles. The topological polar surface area (TPSA) is 37.7 Å². The summed E-state index contributed by atoms with van der Waals surface area (Å²) in [7, 11) is 2.00. The van der Waals surface area contributed by atoms with Gasteiger partial charge in [0.1, 0.15) is 0 Å². The van der Waals surface area contributed by atoms with Crippen molar-refractivity contribution >= 4 is 12.0 Å². The van der Waals surface area contributed by atoms with E-state index in [1.54, 1.807) is 0 Å². The van der Waals surface area contributed by atoms with Crippen LogP contribution in [-0.2, 0) is 0 Å². The Morgan fingerprint density at radius 3 is 2.62 bits per heavy atom. The fourth-order valence-electron chi connectivity index (χ4n) is 1.77. The van der Waals surface area contributed by atoms with Crippen LogP contribution >= 0.6 is 0 Å². The van der Waals surface area contributed by atoms with Crippen molar-refractivity contribution in [3.8, 4) is 5.88 Å². The number of pyridine rings is 1. The Hall–Kier alpha value is -1.58. The van der Waals surface area contributed by atoms with Crippen molar-refractivity contribution in [1.29, 1.82) is 0 Å². The summed E-state index contributed by atoms with van der Waals surface area (Å²) in [4.78, 5) is 10.9. The standard InChI is InChI=1S/C17H29N3O/c1-7-20(6)13-18-15-9-10-16(19-14(15)2)21-12-8-11-17(3,4)5/h9-10,13H,7-8,11-12H2,1-6H3. The Morgan fingerprint density at radius 2 is 2.05 bits per heavy atom. The van der Waals surface area contributed by atoms with Gasteiger partial charge < -0.3 is 9.64 Å². The molecule has 0 bridgehead atoms. The third-order valence-electron chi connectivity index (χ3n) is 3.25. The van der Waals surface area contributed by atoms with E-state index in [2.05, 4.69) is 37.7 Å². The van der Waals surface area contributed by atoms with E-state index < -0.39 is 0 Å². The molecule has 0 aliphatic heterocycles. The zero-order chi connectivity index (χ0) is 15.9. The maximum absolute atomic E-state index is 5.71. The molecule has 0 saturated carbocycles. The van der Waals surface area contributed by atoms with E-state index in [4.69, 9.17) is 4.74 Å². The largest absolute Gasteiger partial charge is 0.478 e. The summed E-state index contributed by atoms with van der Waals surface area (Å²) in [6, 6.07) is 3.85. The normalized spacial score (nSPS) is 11.9. The van der Waals surface area contributed by atoms with Crippen molar-refractivity contribution in [3.05, 3.63) is 17.8 Å². The molecular weight excluding hydrogens is 262 g/mol. The maximum atomic E-state index is 5.71. The molecule has 0 aromatic carbocycles. The van der Waals surface area contributed by atoms with Gasteiger partial charge in [-0.1, -0.05) is 20.8 Å². The zero-order valence-electron chi connectivity index (χ0n) is 14.3. The number of ether oxygens (including phenoxy) is 1. The summed E-state index contributed by atoms with van der Waals surface area (Å²) in [5, 5.41) is 0. The lowest BCUT2D eigenvalue weighted by molar-refractivity contribution is 0.261. The molecule has 0 radical (unpaired) electrons. The van der Waals surface area contributed by atoms with E-state index >= 15 is 0 Å². The molecule has 118 valence electrons. The highest BCUT2D eigenvalue weighted by Gasteiger charge is 2.09. The van der Waals surface area contributed by atoms with Crippen LogP contribution < -0.4 is 4.74 Å². The van der Waals surface area contributed by atoms with Gasteiger partial charge in [0.2, 0.25) is 5.88 Å². The fraction of sp³-hybridized carbons (Fsp3) is 0.647. The van der Waals surface area contributed by atoms with Crippen molar-refractivity contribution in [1.82, 2.24) is 9.88 Å². The minimum atomic E-state index is 0.358. The first-order valence-electron chi connectivity index (χ1n) is 7.66. The lowest BCUT2D eigenvalue weighted by atomic mass is 9.91. The molecule has 0 aliphatic rings. The van der Waals surface area contributed by atoms with Gasteiger partial charge in [0, 0.05) is 19.7 Å².